The predicted octanol–water partition coefficient (Wildman–Crippen LogP) is 3.05. The fourth-order valence-corrected chi connectivity index (χ4v) is 3.38. The molecule has 140 valence electrons. The molecule has 7 heteroatoms. The lowest BCUT2D eigenvalue weighted by atomic mass is 10.1. The van der Waals surface area contributed by atoms with Gasteiger partial charge in [0.05, 0.1) is 12.3 Å². The van der Waals surface area contributed by atoms with Gasteiger partial charge in [0.1, 0.15) is 12.4 Å². The van der Waals surface area contributed by atoms with Crippen LogP contribution in [0.25, 0.3) is 0 Å². The molecule has 26 heavy (non-hydrogen) atoms. The van der Waals surface area contributed by atoms with Crippen LogP contribution in [0.1, 0.15) is 16.7 Å². The summed E-state index contributed by atoms with van der Waals surface area (Å²) in [5, 5.41) is 5.39. The summed E-state index contributed by atoms with van der Waals surface area (Å²) in [5.41, 5.74) is 3.12. The molecule has 2 amide bonds. The quantitative estimate of drug-likeness (QED) is 0.728. The number of carbonyl (C=O) groups excluding carboxylic acids is 1. The normalized spacial score (nSPS) is 11.0. The first-order valence-corrected chi connectivity index (χ1v) is 10.3. The van der Waals surface area contributed by atoms with Crippen molar-refractivity contribution in [1.82, 2.24) is 5.32 Å². The van der Waals surface area contributed by atoms with E-state index in [1.54, 1.807) is 24.3 Å². The van der Waals surface area contributed by atoms with E-state index in [1.807, 2.05) is 32.0 Å². The second-order valence-electron chi connectivity index (χ2n) is 6.18. The van der Waals surface area contributed by atoms with Gasteiger partial charge >= 0.3 is 6.03 Å². The largest absolute Gasteiger partial charge is 0.491 e. The molecule has 0 radical (unpaired) electrons. The Labute approximate surface area is 154 Å². The van der Waals surface area contributed by atoms with Gasteiger partial charge in [-0.05, 0) is 36.6 Å². The maximum Gasteiger partial charge on any atom is 0.319 e. The van der Waals surface area contributed by atoms with Crippen molar-refractivity contribution >= 4 is 21.6 Å². The second-order valence-corrected chi connectivity index (χ2v) is 8.32. The van der Waals surface area contributed by atoms with Crippen molar-refractivity contribution in [1.29, 1.82) is 0 Å². The number of hydrogen-bond donors (Lipinski definition) is 2. The van der Waals surface area contributed by atoms with E-state index in [9.17, 15) is 13.2 Å². The minimum atomic E-state index is -3.19. The van der Waals surface area contributed by atoms with Gasteiger partial charge < -0.3 is 15.4 Å². The van der Waals surface area contributed by atoms with Gasteiger partial charge in [-0.1, -0.05) is 36.4 Å². The van der Waals surface area contributed by atoms with Crippen LogP contribution in [-0.2, 0) is 15.6 Å². The lowest BCUT2D eigenvalue weighted by molar-refractivity contribution is 0.247. The van der Waals surface area contributed by atoms with Gasteiger partial charge in [0.2, 0.25) is 0 Å². The Morgan fingerprint density at radius 1 is 1.04 bits per heavy atom. The Balaban J connectivity index is 1.86. The van der Waals surface area contributed by atoms with E-state index in [1.165, 1.54) is 0 Å². The van der Waals surface area contributed by atoms with Crippen LogP contribution in [0.5, 0.6) is 5.75 Å². The van der Waals surface area contributed by atoms with Crippen LogP contribution in [0, 0.1) is 13.8 Å². The van der Waals surface area contributed by atoms with Crippen molar-refractivity contribution in [3.63, 3.8) is 0 Å². The van der Waals surface area contributed by atoms with E-state index in [0.717, 1.165) is 23.1 Å². The van der Waals surface area contributed by atoms with E-state index in [2.05, 4.69) is 10.6 Å². The number of rotatable bonds is 7. The molecule has 0 aliphatic rings. The number of aryl methyl sites for hydroxylation is 2. The van der Waals surface area contributed by atoms with Crippen molar-refractivity contribution in [3.8, 4) is 5.75 Å². The molecule has 6 nitrogen and oxygen atoms in total. The topological polar surface area (TPSA) is 84.5 Å². The highest BCUT2D eigenvalue weighted by molar-refractivity contribution is 7.89. The monoisotopic (exact) mass is 376 g/mol. The fourth-order valence-electron chi connectivity index (χ4n) is 2.56. The van der Waals surface area contributed by atoms with Crippen LogP contribution in [0.2, 0.25) is 0 Å². The number of amides is 2. The van der Waals surface area contributed by atoms with Gasteiger partial charge in [-0.25, -0.2) is 13.2 Å². The molecule has 0 aliphatic carbocycles. The standard InChI is InChI=1S/C19H24N2O4S/c1-14-7-6-8-15(2)18(14)25-12-11-20-19(22)21-17-10-5-4-9-16(17)13-26(3,23)24/h4-10H,11-13H2,1-3H3,(H2,20,21,22). The van der Waals surface area contributed by atoms with Crippen molar-refractivity contribution in [2.24, 2.45) is 0 Å². The molecule has 2 aromatic rings. The zero-order chi connectivity index (χ0) is 19.2. The Hall–Kier alpha value is -2.54. The third-order valence-corrected chi connectivity index (χ3v) is 4.56. The maximum atomic E-state index is 12.0. The summed E-state index contributed by atoms with van der Waals surface area (Å²) in [6, 6.07) is 12.3. The van der Waals surface area contributed by atoms with Crippen molar-refractivity contribution in [2.45, 2.75) is 19.6 Å². The Morgan fingerprint density at radius 2 is 1.69 bits per heavy atom. The summed E-state index contributed by atoms with van der Waals surface area (Å²) in [6.45, 7) is 4.61. The summed E-state index contributed by atoms with van der Waals surface area (Å²) < 4.78 is 28.7. The molecule has 0 aromatic heterocycles. The lowest BCUT2D eigenvalue weighted by Crippen LogP contribution is -2.32. The maximum absolute atomic E-state index is 12.0. The average Bonchev–Trinajstić information content (AvgIpc) is 2.54. The molecule has 0 bridgehead atoms. The number of hydrogen-bond acceptors (Lipinski definition) is 4. The first kappa shape index (κ1) is 19.8. The molecule has 0 spiro atoms. The third-order valence-electron chi connectivity index (χ3n) is 3.73. The van der Waals surface area contributed by atoms with E-state index >= 15 is 0 Å². The molecule has 0 heterocycles. The van der Waals surface area contributed by atoms with Crippen LogP contribution >= 0.6 is 0 Å². The third kappa shape index (κ3) is 6.07. The molecule has 2 aromatic carbocycles. The molecular weight excluding hydrogens is 352 g/mol. The van der Waals surface area contributed by atoms with E-state index < -0.39 is 15.9 Å². The summed E-state index contributed by atoms with van der Waals surface area (Å²) in [7, 11) is -3.19. The highest BCUT2D eigenvalue weighted by Crippen LogP contribution is 2.22. The minimum absolute atomic E-state index is 0.126. The minimum Gasteiger partial charge on any atom is -0.491 e. The molecule has 0 saturated heterocycles. The Kier molecular flexibility index (Phi) is 6.63. The highest BCUT2D eigenvalue weighted by Gasteiger charge is 2.11. The van der Waals surface area contributed by atoms with Crippen molar-refractivity contribution in [3.05, 3.63) is 59.2 Å². The number of para-hydroxylation sites is 2. The zero-order valence-corrected chi connectivity index (χ0v) is 16.0. The molecule has 0 atom stereocenters. The number of benzene rings is 2. The van der Waals surface area contributed by atoms with Gasteiger partial charge in [-0.15, -0.1) is 0 Å². The SMILES string of the molecule is Cc1cccc(C)c1OCCNC(=O)Nc1ccccc1CS(C)(=O)=O. The summed E-state index contributed by atoms with van der Waals surface area (Å²) in [4.78, 5) is 12.0. The fraction of sp³-hybridized carbons (Fsp3) is 0.316. The van der Waals surface area contributed by atoms with Crippen molar-refractivity contribution in [2.75, 3.05) is 24.7 Å². The first-order chi connectivity index (χ1) is 12.3. The van der Waals surface area contributed by atoms with E-state index in [4.69, 9.17) is 4.74 Å². The smallest absolute Gasteiger partial charge is 0.319 e. The summed E-state index contributed by atoms with van der Waals surface area (Å²) in [6.07, 6.45) is 1.16. The number of anilines is 1. The predicted molar refractivity (Wildman–Crippen MR) is 103 cm³/mol. The summed E-state index contributed by atoms with van der Waals surface area (Å²) in [5.74, 6) is 0.701. The summed E-state index contributed by atoms with van der Waals surface area (Å²) >= 11 is 0. The first-order valence-electron chi connectivity index (χ1n) is 8.26. The van der Waals surface area contributed by atoms with E-state index in [-0.39, 0.29) is 5.75 Å². The van der Waals surface area contributed by atoms with Crippen LogP contribution in [0.3, 0.4) is 0 Å². The number of sulfone groups is 1. The number of urea groups is 1. The van der Waals surface area contributed by atoms with Gasteiger partial charge in [-0.3, -0.25) is 0 Å². The Bertz CT molecular complexity index is 859. The van der Waals surface area contributed by atoms with Gasteiger partial charge in [-0.2, -0.15) is 0 Å². The molecule has 0 fully saturated rings. The molecule has 2 N–H and O–H groups in total. The molecule has 2 rings (SSSR count). The number of ether oxygens (including phenoxy) is 1. The number of carbonyl (C=O) groups is 1. The molecule has 0 aliphatic heterocycles. The van der Waals surface area contributed by atoms with Crippen LogP contribution in [-0.4, -0.2) is 33.9 Å². The highest BCUT2D eigenvalue weighted by atomic mass is 32.2. The lowest BCUT2D eigenvalue weighted by Gasteiger charge is -2.13. The van der Waals surface area contributed by atoms with Crippen LogP contribution in [0.15, 0.2) is 42.5 Å². The van der Waals surface area contributed by atoms with Gasteiger partial charge in [0.15, 0.2) is 9.84 Å². The van der Waals surface area contributed by atoms with E-state index in [0.29, 0.717) is 24.4 Å². The molecular formula is C19H24N2O4S. The Morgan fingerprint density at radius 3 is 2.35 bits per heavy atom. The molecule has 0 saturated carbocycles. The number of nitrogens with one attached hydrogen (secondary N) is 2. The average molecular weight is 376 g/mol. The van der Waals surface area contributed by atoms with Crippen LogP contribution < -0.4 is 15.4 Å². The van der Waals surface area contributed by atoms with Gasteiger partial charge in [0.25, 0.3) is 0 Å². The van der Waals surface area contributed by atoms with Crippen molar-refractivity contribution < 1.29 is 17.9 Å². The van der Waals surface area contributed by atoms with Crippen LogP contribution in [0.4, 0.5) is 10.5 Å². The van der Waals surface area contributed by atoms with Gasteiger partial charge in [0, 0.05) is 11.9 Å². The zero-order valence-electron chi connectivity index (χ0n) is 15.2. The second kappa shape index (κ2) is 8.71. The molecule has 0 unspecified atom stereocenters.